The average molecular weight is 492 g/mol. The summed E-state index contributed by atoms with van der Waals surface area (Å²) in [7, 11) is 1.01. The molecule has 0 aliphatic heterocycles. The van der Waals surface area contributed by atoms with Crippen LogP contribution in [0.3, 0.4) is 0 Å². The molecule has 0 spiro atoms. The number of rotatable bonds is 12. The summed E-state index contributed by atoms with van der Waals surface area (Å²) < 4.78 is 36.5. The van der Waals surface area contributed by atoms with Crippen LogP contribution in [0.25, 0.3) is 0 Å². The first-order valence-corrected chi connectivity index (χ1v) is 12.7. The molecular weight excluding hydrogens is 458 g/mol. The van der Waals surface area contributed by atoms with Crippen molar-refractivity contribution in [1.29, 1.82) is 0 Å². The van der Waals surface area contributed by atoms with E-state index in [-0.39, 0.29) is 37.7 Å². The second kappa shape index (κ2) is 12.3. The highest BCUT2D eigenvalue weighted by Gasteiger charge is 2.26. The number of carbonyl (C=O) groups is 2. The molecule has 2 amide bonds. The van der Waals surface area contributed by atoms with Gasteiger partial charge in [-0.15, -0.1) is 0 Å². The minimum atomic E-state index is -3.58. The van der Waals surface area contributed by atoms with Gasteiger partial charge in [-0.2, -0.15) is 0 Å². The molecule has 0 aromatic heterocycles. The molecule has 1 N–H and O–H groups in total. The van der Waals surface area contributed by atoms with E-state index < -0.39 is 16.1 Å². The Morgan fingerprint density at radius 3 is 2.24 bits per heavy atom. The summed E-state index contributed by atoms with van der Waals surface area (Å²) in [5.74, 6) is 0.647. The lowest BCUT2D eigenvalue weighted by Gasteiger charge is -2.29. The van der Waals surface area contributed by atoms with Crippen LogP contribution in [-0.2, 0) is 26.2 Å². The number of hydrogen-bond donors (Lipinski definition) is 1. The van der Waals surface area contributed by atoms with E-state index in [1.54, 1.807) is 44.4 Å². The molecule has 1 atom stereocenters. The summed E-state index contributed by atoms with van der Waals surface area (Å²) in [6.07, 6.45) is 1.47. The van der Waals surface area contributed by atoms with Crippen molar-refractivity contribution in [1.82, 2.24) is 10.2 Å². The fraction of sp³-hybridized carbons (Fsp3) is 0.417. The van der Waals surface area contributed by atoms with E-state index in [0.29, 0.717) is 17.2 Å². The lowest BCUT2D eigenvalue weighted by molar-refractivity contribution is -0.140. The number of sulfonamides is 1. The Kier molecular flexibility index (Phi) is 9.73. The molecule has 2 aromatic carbocycles. The molecule has 0 fully saturated rings. The third-order valence-electron chi connectivity index (χ3n) is 5.39. The van der Waals surface area contributed by atoms with E-state index >= 15 is 0 Å². The fourth-order valence-electron chi connectivity index (χ4n) is 3.53. The predicted octanol–water partition coefficient (Wildman–Crippen LogP) is 2.41. The zero-order chi connectivity index (χ0) is 25.3. The van der Waals surface area contributed by atoms with Crippen LogP contribution in [0.1, 0.15) is 25.3 Å². The van der Waals surface area contributed by atoms with E-state index in [0.717, 1.165) is 11.8 Å². The molecule has 0 unspecified atom stereocenters. The number of carbonyl (C=O) groups excluding carboxylic acids is 2. The highest BCUT2D eigenvalue weighted by molar-refractivity contribution is 7.92. The lowest BCUT2D eigenvalue weighted by atomic mass is 10.1. The smallest absolute Gasteiger partial charge is 0.242 e. The molecule has 10 heteroatoms. The van der Waals surface area contributed by atoms with Gasteiger partial charge in [-0.3, -0.25) is 13.9 Å². The molecule has 0 saturated carbocycles. The lowest BCUT2D eigenvalue weighted by Crippen LogP contribution is -2.46. The van der Waals surface area contributed by atoms with E-state index in [2.05, 4.69) is 5.32 Å². The Hall–Kier alpha value is -3.27. The highest BCUT2D eigenvalue weighted by atomic mass is 32.2. The minimum absolute atomic E-state index is 0.0707. The van der Waals surface area contributed by atoms with Crippen LogP contribution in [0.4, 0.5) is 5.69 Å². The maximum absolute atomic E-state index is 13.2. The molecule has 34 heavy (non-hydrogen) atoms. The first-order valence-electron chi connectivity index (χ1n) is 10.9. The van der Waals surface area contributed by atoms with Gasteiger partial charge < -0.3 is 19.7 Å². The summed E-state index contributed by atoms with van der Waals surface area (Å²) in [5, 5.41) is 2.58. The maximum atomic E-state index is 13.2. The van der Waals surface area contributed by atoms with E-state index in [9.17, 15) is 18.0 Å². The van der Waals surface area contributed by atoms with Gasteiger partial charge in [0.25, 0.3) is 0 Å². The van der Waals surface area contributed by atoms with Gasteiger partial charge in [0.2, 0.25) is 21.8 Å². The number of hydrogen-bond acceptors (Lipinski definition) is 6. The summed E-state index contributed by atoms with van der Waals surface area (Å²) in [5.41, 5.74) is 1.28. The molecule has 2 aromatic rings. The number of likely N-dealkylation sites (N-methyl/N-ethyl adjacent to an activating group) is 1. The first-order chi connectivity index (χ1) is 16.1. The molecule has 0 radical (unpaired) electrons. The van der Waals surface area contributed by atoms with Crippen LogP contribution in [0, 0.1) is 0 Å². The van der Waals surface area contributed by atoms with Crippen molar-refractivity contribution in [2.75, 3.05) is 38.4 Å². The van der Waals surface area contributed by atoms with Gasteiger partial charge in [-0.25, -0.2) is 8.42 Å². The number of ether oxygens (including phenoxy) is 2. The normalized spacial score (nSPS) is 11.9. The molecule has 0 bridgehead atoms. The van der Waals surface area contributed by atoms with Crippen LogP contribution in [0.2, 0.25) is 0 Å². The SMILES string of the molecule is CNC(=O)[C@@H](C)N(Cc1cccc(OC)c1)C(=O)CCCN(c1cccc(OC)c1)S(C)(=O)=O. The Morgan fingerprint density at radius 2 is 1.65 bits per heavy atom. The number of nitrogens with one attached hydrogen (secondary N) is 1. The minimum Gasteiger partial charge on any atom is -0.497 e. The Bertz CT molecular complexity index is 1090. The van der Waals surface area contributed by atoms with E-state index in [1.807, 2.05) is 18.2 Å². The molecule has 0 aliphatic carbocycles. The summed E-state index contributed by atoms with van der Waals surface area (Å²) >= 11 is 0. The molecule has 0 aliphatic rings. The first kappa shape index (κ1) is 27.0. The second-order valence-corrected chi connectivity index (χ2v) is 9.71. The molecule has 0 saturated heterocycles. The highest BCUT2D eigenvalue weighted by Crippen LogP contribution is 2.24. The standard InChI is InChI=1S/C24H33N3O6S/c1-18(24(29)25-2)26(17-19-9-6-11-21(15-19)32-3)23(28)13-8-14-27(34(5,30)31)20-10-7-12-22(16-20)33-4/h6-7,9-12,15-16,18H,8,13-14,17H2,1-5H3,(H,25,29)/t18-/m1/s1. The Morgan fingerprint density at radius 1 is 1.03 bits per heavy atom. The summed E-state index contributed by atoms with van der Waals surface area (Å²) in [6.45, 7) is 1.99. The molecule has 9 nitrogen and oxygen atoms in total. The maximum Gasteiger partial charge on any atom is 0.242 e. The number of nitrogens with zero attached hydrogens (tertiary/aromatic N) is 2. The van der Waals surface area contributed by atoms with Gasteiger partial charge in [-0.1, -0.05) is 18.2 Å². The Labute approximate surface area is 201 Å². The van der Waals surface area contributed by atoms with Crippen molar-refractivity contribution in [3.8, 4) is 11.5 Å². The fourth-order valence-corrected chi connectivity index (χ4v) is 4.49. The van der Waals surface area contributed by atoms with Crippen molar-refractivity contribution in [2.45, 2.75) is 32.4 Å². The summed E-state index contributed by atoms with van der Waals surface area (Å²) in [4.78, 5) is 26.9. The molecule has 186 valence electrons. The second-order valence-electron chi connectivity index (χ2n) is 7.80. The van der Waals surface area contributed by atoms with Crippen LogP contribution in [0.15, 0.2) is 48.5 Å². The largest absolute Gasteiger partial charge is 0.497 e. The van der Waals surface area contributed by atoms with E-state index in [4.69, 9.17) is 9.47 Å². The van der Waals surface area contributed by atoms with Crippen molar-refractivity contribution in [3.63, 3.8) is 0 Å². The number of methoxy groups -OCH3 is 2. The van der Waals surface area contributed by atoms with Gasteiger partial charge in [0.1, 0.15) is 17.5 Å². The van der Waals surface area contributed by atoms with Gasteiger partial charge in [0, 0.05) is 32.6 Å². The van der Waals surface area contributed by atoms with Crippen molar-refractivity contribution in [3.05, 3.63) is 54.1 Å². The van der Waals surface area contributed by atoms with Crippen molar-refractivity contribution >= 4 is 27.5 Å². The Balaban J connectivity index is 2.17. The zero-order valence-electron chi connectivity index (χ0n) is 20.3. The van der Waals surface area contributed by atoms with Gasteiger partial charge in [-0.05, 0) is 43.2 Å². The molecule has 2 rings (SSSR count). The molecule has 0 heterocycles. The number of benzene rings is 2. The van der Waals surface area contributed by atoms with Gasteiger partial charge >= 0.3 is 0 Å². The summed E-state index contributed by atoms with van der Waals surface area (Å²) in [6, 6.07) is 13.3. The van der Waals surface area contributed by atoms with E-state index in [1.165, 1.54) is 23.4 Å². The van der Waals surface area contributed by atoms with Crippen LogP contribution in [-0.4, -0.2) is 65.2 Å². The van der Waals surface area contributed by atoms with Crippen LogP contribution >= 0.6 is 0 Å². The zero-order valence-corrected chi connectivity index (χ0v) is 21.1. The van der Waals surface area contributed by atoms with Crippen LogP contribution < -0.4 is 19.1 Å². The van der Waals surface area contributed by atoms with Crippen molar-refractivity contribution < 1.29 is 27.5 Å². The van der Waals surface area contributed by atoms with Gasteiger partial charge in [0.15, 0.2) is 0 Å². The van der Waals surface area contributed by atoms with Crippen LogP contribution in [0.5, 0.6) is 11.5 Å². The van der Waals surface area contributed by atoms with Gasteiger partial charge in [0.05, 0.1) is 26.2 Å². The quantitative estimate of drug-likeness (QED) is 0.489. The monoisotopic (exact) mass is 491 g/mol. The predicted molar refractivity (Wildman–Crippen MR) is 131 cm³/mol. The number of anilines is 1. The average Bonchev–Trinajstić information content (AvgIpc) is 2.83. The topological polar surface area (TPSA) is 105 Å². The molecular formula is C24H33N3O6S. The van der Waals surface area contributed by atoms with Crippen molar-refractivity contribution in [2.24, 2.45) is 0 Å². The number of amides is 2. The third kappa shape index (κ3) is 7.38. The third-order valence-corrected chi connectivity index (χ3v) is 6.59.